The van der Waals surface area contributed by atoms with Gasteiger partial charge in [0, 0.05) is 10.9 Å². The maximum Gasteiger partial charge on any atom is 0.157 e. The first-order valence-corrected chi connectivity index (χ1v) is 8.40. The predicted molar refractivity (Wildman–Crippen MR) is 86.9 cm³/mol. The normalized spacial score (nSPS) is 18.5. The number of hydrogen-bond acceptors (Lipinski definition) is 2. The van der Waals surface area contributed by atoms with Crippen molar-refractivity contribution >= 4 is 21.7 Å². The third-order valence-electron chi connectivity index (χ3n) is 4.66. The summed E-state index contributed by atoms with van der Waals surface area (Å²) in [6.45, 7) is 0. The van der Waals surface area contributed by atoms with Gasteiger partial charge in [-0.15, -0.1) is 0 Å². The summed E-state index contributed by atoms with van der Waals surface area (Å²) >= 11 is 3.35. The topological polar surface area (TPSA) is 20.3 Å². The Morgan fingerprint density at radius 1 is 1.24 bits per heavy atom. The van der Waals surface area contributed by atoms with Crippen LogP contribution in [-0.4, -0.2) is 30.3 Å². The van der Waals surface area contributed by atoms with Crippen LogP contribution in [0.4, 0.5) is 4.39 Å². The van der Waals surface area contributed by atoms with Crippen molar-refractivity contribution in [1.82, 2.24) is 4.90 Å². The van der Waals surface area contributed by atoms with E-state index in [1.165, 1.54) is 18.9 Å². The lowest BCUT2D eigenvalue weighted by molar-refractivity contribution is -0.130. The molecule has 1 aliphatic carbocycles. The lowest BCUT2D eigenvalue weighted by Crippen LogP contribution is -2.51. The van der Waals surface area contributed by atoms with Crippen molar-refractivity contribution in [3.8, 4) is 0 Å². The molecule has 2 rings (SSSR count). The summed E-state index contributed by atoms with van der Waals surface area (Å²) in [5.74, 6) is -0.152. The molecule has 0 aliphatic heterocycles. The highest BCUT2D eigenvalue weighted by Gasteiger charge is 2.40. The zero-order valence-corrected chi connectivity index (χ0v) is 14.4. The molecule has 0 radical (unpaired) electrons. The number of ketones is 1. The molecule has 0 aromatic heterocycles. The molecule has 2 nitrogen and oxygen atoms in total. The molecule has 21 heavy (non-hydrogen) atoms. The summed E-state index contributed by atoms with van der Waals surface area (Å²) < 4.78 is 14.7. The number of rotatable bonds is 4. The Balaban J connectivity index is 2.24. The number of halogens is 2. The molecule has 0 saturated heterocycles. The SMILES string of the molecule is CN(C)C1(C(=O)Cc2cc(Br)ccc2F)CCCCCC1. The molecular weight excluding hydrogens is 333 g/mol. The van der Waals surface area contributed by atoms with Crippen LogP contribution in [0.1, 0.15) is 44.1 Å². The minimum Gasteiger partial charge on any atom is -0.297 e. The summed E-state index contributed by atoms with van der Waals surface area (Å²) in [6, 6.07) is 4.80. The average molecular weight is 356 g/mol. The Morgan fingerprint density at radius 3 is 2.43 bits per heavy atom. The molecule has 1 saturated carbocycles. The van der Waals surface area contributed by atoms with Gasteiger partial charge in [0.05, 0.1) is 5.54 Å². The third-order valence-corrected chi connectivity index (χ3v) is 5.16. The Labute approximate surface area is 134 Å². The molecule has 1 aromatic rings. The minimum absolute atomic E-state index is 0.145. The summed E-state index contributed by atoms with van der Waals surface area (Å²) in [7, 11) is 3.95. The van der Waals surface area contributed by atoms with E-state index in [4.69, 9.17) is 0 Å². The van der Waals surface area contributed by atoms with Crippen LogP contribution in [0.2, 0.25) is 0 Å². The highest BCUT2D eigenvalue weighted by Crippen LogP contribution is 2.33. The van der Waals surface area contributed by atoms with E-state index in [1.54, 1.807) is 12.1 Å². The Bertz CT molecular complexity index is 508. The lowest BCUT2D eigenvalue weighted by atomic mass is 9.82. The molecule has 1 fully saturated rings. The Hall–Kier alpha value is -0.740. The number of nitrogens with zero attached hydrogens (tertiary/aromatic N) is 1. The fourth-order valence-corrected chi connectivity index (χ4v) is 3.71. The molecule has 0 spiro atoms. The predicted octanol–water partition coefficient (Wildman–Crippen LogP) is 4.35. The number of benzene rings is 1. The number of carbonyl (C=O) groups excluding carboxylic acids is 1. The van der Waals surface area contributed by atoms with Crippen LogP contribution in [0.5, 0.6) is 0 Å². The molecule has 1 aliphatic rings. The van der Waals surface area contributed by atoms with E-state index in [0.29, 0.717) is 5.56 Å². The van der Waals surface area contributed by atoms with Gasteiger partial charge in [0.25, 0.3) is 0 Å². The minimum atomic E-state index is -0.425. The van der Waals surface area contributed by atoms with Crippen molar-refractivity contribution in [3.63, 3.8) is 0 Å². The van der Waals surface area contributed by atoms with Crippen LogP contribution < -0.4 is 0 Å². The van der Waals surface area contributed by atoms with Gasteiger partial charge >= 0.3 is 0 Å². The van der Waals surface area contributed by atoms with Gasteiger partial charge in [0.1, 0.15) is 5.82 Å². The fourth-order valence-electron chi connectivity index (χ4n) is 3.31. The first kappa shape index (κ1) is 16.6. The standard InChI is InChI=1S/C17H23BrFNO/c1-20(2)17(9-5-3-4-6-10-17)16(21)12-13-11-14(18)7-8-15(13)19/h7-8,11H,3-6,9-10,12H2,1-2H3. The lowest BCUT2D eigenvalue weighted by Gasteiger charge is -2.38. The molecule has 1 aromatic carbocycles. The van der Waals surface area contributed by atoms with Gasteiger partial charge in [0.15, 0.2) is 5.78 Å². The molecule has 0 atom stereocenters. The van der Waals surface area contributed by atoms with E-state index in [2.05, 4.69) is 20.8 Å². The number of Topliss-reactive ketones (excluding diaryl/α,β-unsaturated/α-hetero) is 1. The van der Waals surface area contributed by atoms with Gasteiger partial charge in [-0.1, -0.05) is 41.6 Å². The third kappa shape index (κ3) is 3.72. The van der Waals surface area contributed by atoms with Crippen molar-refractivity contribution in [2.24, 2.45) is 0 Å². The second-order valence-electron chi connectivity index (χ2n) is 6.18. The Morgan fingerprint density at radius 2 is 1.86 bits per heavy atom. The summed E-state index contributed by atoms with van der Waals surface area (Å²) in [6.07, 6.45) is 6.46. The smallest absolute Gasteiger partial charge is 0.157 e. The van der Waals surface area contributed by atoms with Crippen LogP contribution in [0.15, 0.2) is 22.7 Å². The van der Waals surface area contributed by atoms with E-state index < -0.39 is 5.54 Å². The van der Waals surface area contributed by atoms with Crippen molar-refractivity contribution in [3.05, 3.63) is 34.1 Å². The van der Waals surface area contributed by atoms with Gasteiger partial charge < -0.3 is 0 Å². The van der Waals surface area contributed by atoms with Gasteiger partial charge in [0.2, 0.25) is 0 Å². The van der Waals surface area contributed by atoms with Crippen molar-refractivity contribution < 1.29 is 9.18 Å². The van der Waals surface area contributed by atoms with E-state index in [-0.39, 0.29) is 18.0 Å². The summed E-state index contributed by atoms with van der Waals surface area (Å²) in [5, 5.41) is 0. The molecule has 0 heterocycles. The van der Waals surface area contributed by atoms with Crippen molar-refractivity contribution in [2.45, 2.75) is 50.5 Å². The van der Waals surface area contributed by atoms with Crippen LogP contribution >= 0.6 is 15.9 Å². The first-order valence-electron chi connectivity index (χ1n) is 7.60. The molecule has 0 amide bonds. The van der Waals surface area contributed by atoms with E-state index in [0.717, 1.165) is 30.2 Å². The van der Waals surface area contributed by atoms with E-state index in [9.17, 15) is 9.18 Å². The molecule has 116 valence electrons. The second kappa shape index (κ2) is 7.01. The van der Waals surface area contributed by atoms with Crippen LogP contribution in [0.3, 0.4) is 0 Å². The quantitative estimate of drug-likeness (QED) is 0.748. The van der Waals surface area contributed by atoms with Crippen molar-refractivity contribution in [1.29, 1.82) is 0 Å². The molecule has 4 heteroatoms. The summed E-state index contributed by atoms with van der Waals surface area (Å²) in [4.78, 5) is 15.0. The first-order chi connectivity index (χ1) is 9.95. The van der Waals surface area contributed by atoms with Crippen LogP contribution in [0, 0.1) is 5.82 Å². The van der Waals surface area contributed by atoms with Crippen molar-refractivity contribution in [2.75, 3.05) is 14.1 Å². The molecule has 0 unspecified atom stereocenters. The average Bonchev–Trinajstić information content (AvgIpc) is 2.69. The van der Waals surface area contributed by atoms with E-state index in [1.807, 2.05) is 14.1 Å². The zero-order valence-electron chi connectivity index (χ0n) is 12.8. The van der Waals surface area contributed by atoms with Gasteiger partial charge in [-0.3, -0.25) is 9.69 Å². The maximum atomic E-state index is 13.9. The molecule has 0 N–H and O–H groups in total. The number of carbonyl (C=O) groups is 1. The maximum absolute atomic E-state index is 13.9. The monoisotopic (exact) mass is 355 g/mol. The highest BCUT2D eigenvalue weighted by molar-refractivity contribution is 9.10. The largest absolute Gasteiger partial charge is 0.297 e. The molecule has 0 bridgehead atoms. The second-order valence-corrected chi connectivity index (χ2v) is 7.09. The summed E-state index contributed by atoms with van der Waals surface area (Å²) in [5.41, 5.74) is 0.0606. The van der Waals surface area contributed by atoms with E-state index >= 15 is 0 Å². The highest BCUT2D eigenvalue weighted by atomic mass is 79.9. The van der Waals surface area contributed by atoms with Crippen LogP contribution in [0.25, 0.3) is 0 Å². The zero-order chi connectivity index (χ0) is 15.5. The Kier molecular flexibility index (Phi) is 5.55. The number of likely N-dealkylation sites (N-methyl/N-ethyl adjacent to an activating group) is 1. The van der Waals surface area contributed by atoms with Gasteiger partial charge in [-0.05, 0) is 50.7 Å². The van der Waals surface area contributed by atoms with Gasteiger partial charge in [-0.25, -0.2) is 4.39 Å². The number of hydrogen-bond donors (Lipinski definition) is 0. The van der Waals surface area contributed by atoms with Gasteiger partial charge in [-0.2, -0.15) is 0 Å². The molecular formula is C17H23BrFNO. The fraction of sp³-hybridized carbons (Fsp3) is 0.588. The van der Waals surface area contributed by atoms with Crippen LogP contribution in [-0.2, 0) is 11.2 Å².